The molecule has 5 rings (SSSR count). The maximum atomic E-state index is 15.0. The minimum Gasteiger partial charge on any atom is -0.479 e. The average molecular weight is 502 g/mol. The van der Waals surface area contributed by atoms with Crippen LogP contribution in [0.4, 0.5) is 29.1 Å². The van der Waals surface area contributed by atoms with Crippen molar-refractivity contribution < 1.29 is 22.3 Å². The summed E-state index contributed by atoms with van der Waals surface area (Å²) in [6.07, 6.45) is 5.29. The zero-order valence-corrected chi connectivity index (χ0v) is 19.0. The summed E-state index contributed by atoms with van der Waals surface area (Å²) in [5, 5.41) is 2.83. The summed E-state index contributed by atoms with van der Waals surface area (Å²) in [5.74, 6) is -0.0749. The van der Waals surface area contributed by atoms with Crippen molar-refractivity contribution in [2.24, 2.45) is 16.6 Å². The molecule has 35 heavy (non-hydrogen) atoms. The van der Waals surface area contributed by atoms with Crippen LogP contribution in [0.1, 0.15) is 18.9 Å². The van der Waals surface area contributed by atoms with E-state index >= 15 is 4.39 Å². The van der Waals surface area contributed by atoms with Crippen molar-refractivity contribution in [1.82, 2.24) is 15.0 Å². The number of hydrogen-bond donors (Lipinski definition) is 2. The van der Waals surface area contributed by atoms with Gasteiger partial charge in [0.05, 0.1) is 22.0 Å². The Labute approximate surface area is 201 Å². The van der Waals surface area contributed by atoms with Crippen molar-refractivity contribution in [2.75, 3.05) is 11.9 Å². The monoisotopic (exact) mass is 502 g/mol. The van der Waals surface area contributed by atoms with Crippen LogP contribution < -0.4 is 15.8 Å². The molecule has 0 spiro atoms. The van der Waals surface area contributed by atoms with Crippen molar-refractivity contribution in [3.05, 3.63) is 47.9 Å². The Hall–Kier alpha value is -3.59. The van der Waals surface area contributed by atoms with Crippen molar-refractivity contribution in [1.29, 1.82) is 0 Å². The van der Waals surface area contributed by atoms with Gasteiger partial charge < -0.3 is 15.8 Å². The lowest BCUT2D eigenvalue weighted by atomic mass is 9.85. The maximum Gasteiger partial charge on any atom is 0.253 e. The largest absolute Gasteiger partial charge is 0.479 e. The topological polar surface area (TPSA) is 98.3 Å². The molecule has 1 aromatic carbocycles. The van der Waals surface area contributed by atoms with Crippen LogP contribution in [0.3, 0.4) is 0 Å². The third kappa shape index (κ3) is 3.80. The lowest BCUT2D eigenvalue weighted by Crippen LogP contribution is -2.39. The predicted octanol–water partition coefficient (Wildman–Crippen LogP) is 4.36. The van der Waals surface area contributed by atoms with Crippen LogP contribution in [0.2, 0.25) is 0 Å². The van der Waals surface area contributed by atoms with E-state index in [0.717, 1.165) is 17.8 Å². The number of benzene rings is 1. The molecule has 12 heteroatoms. The number of aliphatic imine (C=N–C) groups is 1. The molecule has 1 fully saturated rings. The lowest BCUT2D eigenvalue weighted by Gasteiger charge is -2.34. The second-order valence-corrected chi connectivity index (χ2v) is 9.79. The molecule has 3 atom stereocenters. The molecule has 180 valence electrons. The maximum absolute atomic E-state index is 15.0. The summed E-state index contributed by atoms with van der Waals surface area (Å²) in [5.41, 5.74) is 5.10. The highest BCUT2D eigenvalue weighted by Gasteiger charge is 2.71. The molecule has 0 amide bonds. The molecule has 1 aliphatic carbocycles. The van der Waals surface area contributed by atoms with Gasteiger partial charge in [-0.1, -0.05) is 17.7 Å². The highest BCUT2D eigenvalue weighted by atomic mass is 32.2. The van der Waals surface area contributed by atoms with Crippen LogP contribution in [-0.4, -0.2) is 37.9 Å². The van der Waals surface area contributed by atoms with Gasteiger partial charge in [0.2, 0.25) is 0 Å². The first-order valence-electron chi connectivity index (χ1n) is 10.4. The lowest BCUT2D eigenvalue weighted by molar-refractivity contribution is 0.123. The highest BCUT2D eigenvalue weighted by molar-refractivity contribution is 8.15. The van der Waals surface area contributed by atoms with Gasteiger partial charge in [-0.05, 0) is 19.4 Å². The third-order valence-corrected chi connectivity index (χ3v) is 7.56. The number of terminal acetylenes is 1. The normalized spacial score (nSPS) is 25.1. The number of hydrogen-bond acceptors (Lipinski definition) is 8. The van der Waals surface area contributed by atoms with Gasteiger partial charge in [0.1, 0.15) is 24.2 Å². The third-order valence-electron chi connectivity index (χ3n) is 6.25. The number of aromatic nitrogens is 3. The Morgan fingerprint density at radius 3 is 2.83 bits per heavy atom. The summed E-state index contributed by atoms with van der Waals surface area (Å²) in [6.45, 7) is 1.55. The van der Waals surface area contributed by atoms with Crippen molar-refractivity contribution >= 4 is 39.5 Å². The number of nitrogens with one attached hydrogen (secondary N) is 1. The number of nitrogens with two attached hydrogens (primary N) is 1. The van der Waals surface area contributed by atoms with E-state index in [1.807, 2.05) is 0 Å². The fraction of sp³-hybridized carbons (Fsp3) is 0.304. The number of ether oxygens (including phenoxy) is 1. The van der Waals surface area contributed by atoms with E-state index in [1.54, 1.807) is 6.07 Å². The molecular weight excluding hydrogens is 484 g/mol. The van der Waals surface area contributed by atoms with Crippen molar-refractivity contribution in [3.63, 3.8) is 0 Å². The molecule has 0 bridgehead atoms. The van der Waals surface area contributed by atoms with Crippen molar-refractivity contribution in [3.8, 4) is 18.1 Å². The molecule has 3 aromatic rings. The van der Waals surface area contributed by atoms with E-state index < -0.39 is 34.3 Å². The molecule has 3 N–H and O–H groups in total. The van der Waals surface area contributed by atoms with E-state index in [1.165, 1.54) is 25.5 Å². The van der Waals surface area contributed by atoms with E-state index in [0.29, 0.717) is 16.8 Å². The first-order valence-corrected chi connectivity index (χ1v) is 11.3. The standard InChI is InChI=1S/C23H18F4N6OS/c1-3-4-34-12-7-15-18(29-9-12)19(31-10-30-15)32-11-5-13(17(25)14(24)6-11)22(2)16-8-23(16,20(26)27)35-21(28)33-22/h1,5-7,9-10,16,20H,4,8H2,2H3,(H2,28,33)(H,30,31,32)/t16-,22-,23-/m0/s1. The summed E-state index contributed by atoms with van der Waals surface area (Å²) >= 11 is 0.792. The number of rotatable bonds is 6. The molecule has 1 aliphatic heterocycles. The number of anilines is 2. The van der Waals surface area contributed by atoms with E-state index in [9.17, 15) is 13.2 Å². The molecule has 1 saturated carbocycles. The quantitative estimate of drug-likeness (QED) is 0.382. The fourth-order valence-electron chi connectivity index (χ4n) is 4.49. The molecular formula is C23H18F4N6OS. The fourth-order valence-corrected chi connectivity index (χ4v) is 5.83. The first kappa shape index (κ1) is 23.2. The number of nitrogens with zero attached hydrogens (tertiary/aromatic N) is 4. The van der Waals surface area contributed by atoms with Gasteiger partial charge >= 0.3 is 0 Å². The van der Waals surface area contributed by atoms with Crippen molar-refractivity contribution in [2.45, 2.75) is 30.1 Å². The van der Waals surface area contributed by atoms with Crippen LogP contribution in [0.25, 0.3) is 11.0 Å². The first-order chi connectivity index (χ1) is 16.7. The van der Waals surface area contributed by atoms with Crippen LogP contribution in [0.5, 0.6) is 5.75 Å². The molecule has 3 heterocycles. The van der Waals surface area contributed by atoms with Gasteiger partial charge in [-0.2, -0.15) is 0 Å². The van der Waals surface area contributed by atoms with Gasteiger partial charge in [-0.15, -0.1) is 6.42 Å². The van der Waals surface area contributed by atoms with E-state index in [-0.39, 0.29) is 35.3 Å². The minimum absolute atomic E-state index is 0.0547. The Balaban J connectivity index is 1.53. The van der Waals surface area contributed by atoms with E-state index in [2.05, 4.69) is 31.2 Å². The Morgan fingerprint density at radius 2 is 2.09 bits per heavy atom. The molecule has 0 radical (unpaired) electrons. The zero-order valence-electron chi connectivity index (χ0n) is 18.2. The highest BCUT2D eigenvalue weighted by Crippen LogP contribution is 2.68. The van der Waals surface area contributed by atoms with Crippen LogP contribution in [0.15, 0.2) is 35.7 Å². The summed E-state index contributed by atoms with van der Waals surface area (Å²) in [7, 11) is 0. The Kier molecular flexibility index (Phi) is 5.47. The molecule has 7 nitrogen and oxygen atoms in total. The zero-order chi connectivity index (χ0) is 25.0. The SMILES string of the molecule is C#CCOc1cnc2c(Nc3cc(F)c(F)c([C@]4(C)N=C(N)S[C@@]5(C(F)F)C[C@@H]45)c3)ncnc2c1. The molecule has 0 unspecified atom stereocenters. The summed E-state index contributed by atoms with van der Waals surface area (Å²) < 4.78 is 61.3. The van der Waals surface area contributed by atoms with Gasteiger partial charge in [-0.25, -0.2) is 32.5 Å². The van der Waals surface area contributed by atoms with Gasteiger partial charge in [0, 0.05) is 29.3 Å². The summed E-state index contributed by atoms with van der Waals surface area (Å²) in [6, 6.07) is 3.88. The van der Waals surface area contributed by atoms with Crippen LogP contribution in [0, 0.1) is 29.9 Å². The summed E-state index contributed by atoms with van der Waals surface area (Å²) in [4.78, 5) is 16.9. The van der Waals surface area contributed by atoms with Gasteiger partial charge in [0.15, 0.2) is 22.6 Å². The second-order valence-electron chi connectivity index (χ2n) is 8.41. The average Bonchev–Trinajstić information content (AvgIpc) is 3.57. The Bertz CT molecular complexity index is 1410. The van der Waals surface area contributed by atoms with Crippen LogP contribution >= 0.6 is 11.8 Å². The van der Waals surface area contributed by atoms with Crippen LogP contribution in [-0.2, 0) is 5.54 Å². The smallest absolute Gasteiger partial charge is 0.253 e. The molecule has 0 saturated heterocycles. The Morgan fingerprint density at radius 1 is 1.29 bits per heavy atom. The number of pyridine rings is 1. The number of fused-ring (bicyclic) bond motifs is 2. The molecule has 2 aliphatic rings. The second kappa shape index (κ2) is 8.27. The minimum atomic E-state index is -2.69. The molecule has 2 aromatic heterocycles. The van der Waals surface area contributed by atoms with E-state index in [4.69, 9.17) is 16.9 Å². The number of amidine groups is 1. The van der Waals surface area contributed by atoms with Gasteiger partial charge in [0.25, 0.3) is 6.43 Å². The number of alkyl halides is 2. The predicted molar refractivity (Wildman–Crippen MR) is 125 cm³/mol. The number of halogens is 4. The van der Waals surface area contributed by atoms with Gasteiger partial charge in [-0.3, -0.25) is 4.99 Å². The number of thioether (sulfide) groups is 1.